The smallest absolute Gasteiger partial charge is 0.425 e. The number of ether oxygens (including phenoxy) is 1. The Morgan fingerprint density at radius 2 is 1.74 bits per heavy atom. The van der Waals surface area contributed by atoms with Crippen LogP contribution in [0.4, 0.5) is 23.0 Å². The topological polar surface area (TPSA) is 70.7 Å². The average Bonchev–Trinajstić information content (AvgIpc) is 3.22. The average molecular weight is 532 g/mol. The van der Waals surface area contributed by atoms with Gasteiger partial charge in [0.1, 0.15) is 15.5 Å². The highest BCUT2D eigenvalue weighted by Crippen LogP contribution is 2.41. The Morgan fingerprint density at radius 3 is 2.34 bits per heavy atom. The third-order valence-electron chi connectivity index (χ3n) is 5.51. The van der Waals surface area contributed by atoms with Crippen LogP contribution in [0.2, 0.25) is 0 Å². The Hall–Kier alpha value is -2.11. The molecule has 194 valence electrons. The fourth-order valence-corrected chi connectivity index (χ4v) is 6.58. The molecule has 0 saturated heterocycles. The van der Waals surface area contributed by atoms with Crippen LogP contribution in [0.3, 0.4) is 0 Å². The molecule has 11 heteroatoms. The molecule has 0 aliphatic heterocycles. The molecule has 0 fully saturated rings. The van der Waals surface area contributed by atoms with Gasteiger partial charge in [-0.1, -0.05) is 0 Å². The van der Waals surface area contributed by atoms with Crippen LogP contribution < -0.4 is 10.6 Å². The predicted molar refractivity (Wildman–Crippen MR) is 133 cm³/mol. The number of thiophene rings is 2. The number of rotatable bonds is 6. The number of nitrogens with zero attached hydrogens (tertiary/aromatic N) is 1. The first-order valence-corrected chi connectivity index (χ1v) is 13.1. The molecule has 1 aliphatic rings. The normalized spacial score (nSPS) is 14.1. The van der Waals surface area contributed by atoms with E-state index in [0.29, 0.717) is 38.9 Å². The number of fused-ring (bicyclic) bond motifs is 1. The van der Waals surface area contributed by atoms with Crippen LogP contribution in [-0.4, -0.2) is 36.6 Å². The van der Waals surface area contributed by atoms with E-state index in [2.05, 4.69) is 10.6 Å². The van der Waals surface area contributed by atoms with Gasteiger partial charge in [-0.05, 0) is 84.2 Å². The van der Waals surface area contributed by atoms with Crippen molar-refractivity contribution in [1.82, 2.24) is 10.2 Å². The number of carbonyl (C=O) groups is 2. The van der Waals surface area contributed by atoms with Crippen molar-refractivity contribution in [3.63, 3.8) is 0 Å². The van der Waals surface area contributed by atoms with Crippen LogP contribution in [0.1, 0.15) is 75.3 Å². The first-order valence-electron chi connectivity index (χ1n) is 11.4. The van der Waals surface area contributed by atoms with Crippen LogP contribution >= 0.6 is 22.7 Å². The highest BCUT2D eigenvalue weighted by molar-refractivity contribution is 7.17. The molecule has 0 radical (unpaired) electrons. The van der Waals surface area contributed by atoms with E-state index in [4.69, 9.17) is 4.74 Å². The molecular weight excluding hydrogens is 499 g/mol. The first-order chi connectivity index (χ1) is 16.2. The molecule has 2 aromatic rings. The van der Waals surface area contributed by atoms with E-state index in [-0.39, 0.29) is 12.1 Å². The number of carbonyl (C=O) groups excluding carboxylic acids is 2. The fraction of sp³-hybridized carbons (Fsp3) is 0.583. The molecular formula is C24H32F3N3O3S2. The van der Waals surface area contributed by atoms with Crippen molar-refractivity contribution in [2.24, 2.45) is 0 Å². The maximum Gasteiger partial charge on any atom is 0.425 e. The summed E-state index contributed by atoms with van der Waals surface area (Å²) < 4.78 is 46.6. The Morgan fingerprint density at radius 1 is 1.09 bits per heavy atom. The lowest BCUT2D eigenvalue weighted by Crippen LogP contribution is -2.30. The van der Waals surface area contributed by atoms with Gasteiger partial charge < -0.3 is 15.0 Å². The van der Waals surface area contributed by atoms with Gasteiger partial charge in [0.15, 0.2) is 0 Å². The lowest BCUT2D eigenvalue weighted by molar-refractivity contribution is -0.135. The molecule has 0 spiro atoms. The van der Waals surface area contributed by atoms with Crippen molar-refractivity contribution >= 4 is 39.7 Å². The van der Waals surface area contributed by atoms with E-state index in [1.165, 1.54) is 11.3 Å². The van der Waals surface area contributed by atoms with E-state index >= 15 is 0 Å². The van der Waals surface area contributed by atoms with Gasteiger partial charge in [-0.3, -0.25) is 5.32 Å². The summed E-state index contributed by atoms with van der Waals surface area (Å²) >= 11 is 2.04. The van der Waals surface area contributed by atoms with Gasteiger partial charge >= 0.3 is 18.2 Å². The van der Waals surface area contributed by atoms with Gasteiger partial charge in [0.05, 0.1) is 5.56 Å². The van der Waals surface area contributed by atoms with Crippen LogP contribution in [0, 0.1) is 6.92 Å². The molecule has 3 rings (SSSR count). The molecule has 35 heavy (non-hydrogen) atoms. The lowest BCUT2D eigenvalue weighted by Gasteiger charge is -2.21. The Bertz CT molecular complexity index is 1100. The van der Waals surface area contributed by atoms with Crippen molar-refractivity contribution < 1.29 is 27.5 Å². The zero-order valence-corrected chi connectivity index (χ0v) is 22.5. The van der Waals surface area contributed by atoms with Crippen LogP contribution in [0.15, 0.2) is 0 Å². The zero-order valence-electron chi connectivity index (χ0n) is 20.9. The number of hydrogen-bond acceptors (Lipinski definition) is 6. The molecule has 6 nitrogen and oxygen atoms in total. The number of halogens is 3. The summed E-state index contributed by atoms with van der Waals surface area (Å²) in [5.41, 5.74) is 1.14. The second-order valence-electron chi connectivity index (χ2n) is 9.92. The van der Waals surface area contributed by atoms with Crippen LogP contribution in [-0.2, 0) is 36.8 Å². The maximum absolute atomic E-state index is 13.7. The third-order valence-corrected chi connectivity index (χ3v) is 8.09. The van der Waals surface area contributed by atoms with Gasteiger partial charge in [0, 0.05) is 22.8 Å². The molecule has 0 saturated carbocycles. The monoisotopic (exact) mass is 531 g/mol. The summed E-state index contributed by atoms with van der Waals surface area (Å²) in [5.74, 6) is -0.506. The first kappa shape index (κ1) is 27.5. The second kappa shape index (κ2) is 10.5. The van der Waals surface area contributed by atoms with Crippen molar-refractivity contribution in [2.45, 2.75) is 78.2 Å². The molecule has 0 aromatic carbocycles. The Kier molecular flexibility index (Phi) is 8.23. The fourth-order valence-electron chi connectivity index (χ4n) is 3.99. The summed E-state index contributed by atoms with van der Waals surface area (Å²) in [4.78, 5) is 28.5. The van der Waals surface area contributed by atoms with Crippen molar-refractivity contribution in [3.05, 3.63) is 36.9 Å². The van der Waals surface area contributed by atoms with Gasteiger partial charge in [0.2, 0.25) is 0 Å². The number of urea groups is 1. The van der Waals surface area contributed by atoms with Crippen LogP contribution in [0.25, 0.3) is 0 Å². The summed E-state index contributed by atoms with van der Waals surface area (Å²) in [5, 5.41) is 5.63. The maximum atomic E-state index is 13.7. The standard InChI is InChI=1S/C24H32F3N3O3S2/c1-13-15(19(24(25,26)27)34-17(13)12-30(5)6)11-28-22(32)29-20-18(21(31)33-23(2,3)4)14-9-7-8-10-16(14)35-20/h7-12H2,1-6H3,(H2,28,29,32). The van der Waals surface area contributed by atoms with E-state index < -0.39 is 28.7 Å². The summed E-state index contributed by atoms with van der Waals surface area (Å²) in [6.07, 6.45) is -1.03. The summed E-state index contributed by atoms with van der Waals surface area (Å²) in [7, 11) is 3.58. The number of alkyl halides is 3. The molecule has 2 N–H and O–H groups in total. The number of esters is 1. The minimum Gasteiger partial charge on any atom is -0.456 e. The molecule has 2 amide bonds. The third kappa shape index (κ3) is 6.77. The van der Waals surface area contributed by atoms with Gasteiger partial charge in [-0.15, -0.1) is 22.7 Å². The van der Waals surface area contributed by atoms with Crippen molar-refractivity contribution in [2.75, 3.05) is 19.4 Å². The number of anilines is 1. The zero-order chi connectivity index (χ0) is 26.1. The number of amides is 2. The highest BCUT2D eigenvalue weighted by Gasteiger charge is 2.37. The number of aryl methyl sites for hydroxylation is 1. The molecule has 2 heterocycles. The lowest BCUT2D eigenvalue weighted by atomic mass is 9.95. The summed E-state index contributed by atoms with van der Waals surface area (Å²) in [6.45, 7) is 7.07. The minimum absolute atomic E-state index is 0.0624. The van der Waals surface area contributed by atoms with Gasteiger partial charge in [0.25, 0.3) is 0 Å². The molecule has 0 bridgehead atoms. The van der Waals surface area contributed by atoms with Gasteiger partial charge in [-0.25, -0.2) is 9.59 Å². The Labute approximate surface area is 211 Å². The van der Waals surface area contributed by atoms with E-state index in [1.54, 1.807) is 46.7 Å². The van der Waals surface area contributed by atoms with Crippen molar-refractivity contribution in [3.8, 4) is 0 Å². The predicted octanol–water partition coefficient (Wildman–Crippen LogP) is 6.35. The van der Waals surface area contributed by atoms with E-state index in [9.17, 15) is 22.8 Å². The Balaban J connectivity index is 1.82. The second-order valence-corrected chi connectivity index (χ2v) is 12.1. The quantitative estimate of drug-likeness (QED) is 0.426. The summed E-state index contributed by atoms with van der Waals surface area (Å²) in [6, 6.07) is -0.665. The highest BCUT2D eigenvalue weighted by atomic mass is 32.1. The largest absolute Gasteiger partial charge is 0.456 e. The van der Waals surface area contributed by atoms with E-state index in [1.807, 2.05) is 0 Å². The van der Waals surface area contributed by atoms with Crippen molar-refractivity contribution in [1.29, 1.82) is 0 Å². The molecule has 0 unspecified atom stereocenters. The van der Waals surface area contributed by atoms with Crippen LogP contribution in [0.5, 0.6) is 0 Å². The van der Waals surface area contributed by atoms with E-state index in [0.717, 1.165) is 36.1 Å². The van der Waals surface area contributed by atoms with Gasteiger partial charge in [-0.2, -0.15) is 13.2 Å². The SMILES string of the molecule is Cc1c(CN(C)C)sc(C(F)(F)F)c1CNC(=O)Nc1sc2c(c1C(=O)OC(C)(C)C)CCCC2. The number of hydrogen-bond donors (Lipinski definition) is 2. The molecule has 0 atom stereocenters. The molecule has 1 aliphatic carbocycles. The number of nitrogens with one attached hydrogen (secondary N) is 2. The molecule has 2 aromatic heterocycles. The minimum atomic E-state index is -4.51.